The summed E-state index contributed by atoms with van der Waals surface area (Å²) in [6.07, 6.45) is 1.32. The molecule has 110 valence electrons. The maximum Gasteiger partial charge on any atom is 0.344 e. The molecule has 0 radical (unpaired) electrons. The second kappa shape index (κ2) is 7.09. The van der Waals surface area contributed by atoms with Crippen molar-refractivity contribution in [2.75, 3.05) is 18.5 Å². The topological polar surface area (TPSA) is 90.7 Å². The van der Waals surface area contributed by atoms with Gasteiger partial charge in [0.15, 0.2) is 19.0 Å². The predicted molar refractivity (Wildman–Crippen MR) is 72.8 cm³/mol. The fourth-order valence-corrected chi connectivity index (χ4v) is 1.49. The minimum absolute atomic E-state index is 0.257. The summed E-state index contributed by atoms with van der Waals surface area (Å²) in [7, 11) is 0. The Morgan fingerprint density at radius 3 is 2.86 bits per heavy atom. The van der Waals surface area contributed by atoms with Crippen LogP contribution in [0.25, 0.3) is 0 Å². The van der Waals surface area contributed by atoms with E-state index in [2.05, 4.69) is 15.0 Å². The molecule has 0 saturated heterocycles. The number of aryl methyl sites for hydroxylation is 1. The molecule has 0 spiro atoms. The van der Waals surface area contributed by atoms with Gasteiger partial charge in [-0.05, 0) is 24.6 Å². The molecule has 2 rings (SSSR count). The van der Waals surface area contributed by atoms with Gasteiger partial charge in [-0.2, -0.15) is 0 Å². The van der Waals surface area contributed by atoms with Crippen molar-refractivity contribution in [1.82, 2.24) is 5.16 Å². The summed E-state index contributed by atoms with van der Waals surface area (Å²) in [6, 6.07) is 8.74. The molecule has 7 heteroatoms. The zero-order valence-corrected chi connectivity index (χ0v) is 11.4. The van der Waals surface area contributed by atoms with E-state index in [9.17, 15) is 9.59 Å². The molecule has 2 aromatic rings. The molecule has 0 aliphatic heterocycles. The van der Waals surface area contributed by atoms with E-state index in [1.807, 2.05) is 19.1 Å². The van der Waals surface area contributed by atoms with Gasteiger partial charge in [-0.25, -0.2) is 4.79 Å². The van der Waals surface area contributed by atoms with Crippen molar-refractivity contribution in [1.29, 1.82) is 0 Å². The summed E-state index contributed by atoms with van der Waals surface area (Å²) in [5, 5.41) is 5.89. The Balaban J connectivity index is 1.69. The highest BCUT2D eigenvalue weighted by Crippen LogP contribution is 2.12. The van der Waals surface area contributed by atoms with E-state index in [0.29, 0.717) is 5.75 Å². The number of rotatable bonds is 6. The van der Waals surface area contributed by atoms with E-state index in [1.54, 1.807) is 12.1 Å². The van der Waals surface area contributed by atoms with Gasteiger partial charge in [-0.3, -0.25) is 4.79 Å². The van der Waals surface area contributed by atoms with Gasteiger partial charge in [0.25, 0.3) is 5.91 Å². The first-order valence-electron chi connectivity index (χ1n) is 6.19. The van der Waals surface area contributed by atoms with Crippen molar-refractivity contribution < 1.29 is 23.6 Å². The predicted octanol–water partition coefficient (Wildman–Crippen LogP) is 1.54. The molecule has 1 aromatic heterocycles. The van der Waals surface area contributed by atoms with Crippen molar-refractivity contribution in [3.63, 3.8) is 0 Å². The summed E-state index contributed by atoms with van der Waals surface area (Å²) >= 11 is 0. The first-order chi connectivity index (χ1) is 10.1. The number of benzene rings is 1. The quantitative estimate of drug-likeness (QED) is 0.812. The van der Waals surface area contributed by atoms with Gasteiger partial charge in [0.2, 0.25) is 0 Å². The molecule has 1 heterocycles. The van der Waals surface area contributed by atoms with Gasteiger partial charge in [0.05, 0.1) is 0 Å². The SMILES string of the molecule is Cc1cccc(OCC(=O)OCC(=O)Nc2ccon2)c1. The molecule has 0 aliphatic carbocycles. The van der Waals surface area contributed by atoms with Crippen molar-refractivity contribution in [3.05, 3.63) is 42.2 Å². The van der Waals surface area contributed by atoms with E-state index in [4.69, 9.17) is 9.47 Å². The maximum atomic E-state index is 11.4. The number of anilines is 1. The first-order valence-corrected chi connectivity index (χ1v) is 6.19. The van der Waals surface area contributed by atoms with Crippen LogP contribution in [-0.2, 0) is 14.3 Å². The van der Waals surface area contributed by atoms with E-state index in [-0.39, 0.29) is 12.4 Å². The Labute approximate surface area is 120 Å². The van der Waals surface area contributed by atoms with Crippen LogP contribution in [0.15, 0.2) is 41.1 Å². The first kappa shape index (κ1) is 14.6. The molecule has 0 bridgehead atoms. The maximum absolute atomic E-state index is 11.4. The molecule has 0 aliphatic rings. The van der Waals surface area contributed by atoms with Crippen molar-refractivity contribution >= 4 is 17.7 Å². The zero-order chi connectivity index (χ0) is 15.1. The number of aromatic nitrogens is 1. The lowest BCUT2D eigenvalue weighted by molar-refractivity contribution is -0.149. The van der Waals surface area contributed by atoms with Gasteiger partial charge in [0, 0.05) is 6.07 Å². The molecule has 0 saturated carbocycles. The zero-order valence-electron chi connectivity index (χ0n) is 11.4. The standard InChI is InChI=1S/C14H14N2O5/c1-10-3-2-4-11(7-10)19-9-14(18)20-8-13(17)15-12-5-6-21-16-12/h2-7H,8-9H2,1H3,(H,15,16,17). The number of ether oxygens (including phenoxy) is 2. The number of amides is 1. The molecule has 1 aromatic carbocycles. The minimum atomic E-state index is -0.633. The van der Waals surface area contributed by atoms with Crippen LogP contribution in [0.3, 0.4) is 0 Å². The second-order valence-corrected chi connectivity index (χ2v) is 4.20. The van der Waals surface area contributed by atoms with E-state index < -0.39 is 18.5 Å². The third-order valence-corrected chi connectivity index (χ3v) is 2.42. The number of hydrogen-bond donors (Lipinski definition) is 1. The van der Waals surface area contributed by atoms with E-state index in [0.717, 1.165) is 5.56 Å². The van der Waals surface area contributed by atoms with E-state index in [1.165, 1.54) is 12.3 Å². The van der Waals surface area contributed by atoms with Gasteiger partial charge in [0.1, 0.15) is 12.0 Å². The third kappa shape index (κ3) is 4.98. The van der Waals surface area contributed by atoms with Crippen molar-refractivity contribution in [2.24, 2.45) is 0 Å². The minimum Gasteiger partial charge on any atom is -0.482 e. The Kier molecular flexibility index (Phi) is 4.92. The number of nitrogens with one attached hydrogen (secondary N) is 1. The summed E-state index contributed by atoms with van der Waals surface area (Å²) in [5.74, 6) is -0.314. The normalized spacial score (nSPS) is 9.95. The van der Waals surface area contributed by atoms with E-state index >= 15 is 0 Å². The number of carbonyl (C=O) groups excluding carboxylic acids is 2. The van der Waals surface area contributed by atoms with Gasteiger partial charge in [-0.15, -0.1) is 0 Å². The van der Waals surface area contributed by atoms with Crippen LogP contribution >= 0.6 is 0 Å². The monoisotopic (exact) mass is 290 g/mol. The highest BCUT2D eigenvalue weighted by atomic mass is 16.6. The van der Waals surface area contributed by atoms with Crippen molar-refractivity contribution in [3.8, 4) is 5.75 Å². The smallest absolute Gasteiger partial charge is 0.344 e. The van der Waals surface area contributed by atoms with Crippen molar-refractivity contribution in [2.45, 2.75) is 6.92 Å². The largest absolute Gasteiger partial charge is 0.482 e. The molecule has 1 amide bonds. The molecular formula is C14H14N2O5. The average Bonchev–Trinajstić information content (AvgIpc) is 2.96. The third-order valence-electron chi connectivity index (χ3n) is 2.42. The van der Waals surface area contributed by atoms with Crippen LogP contribution < -0.4 is 10.1 Å². The van der Waals surface area contributed by atoms with Crippen LogP contribution in [0.5, 0.6) is 5.75 Å². The lowest BCUT2D eigenvalue weighted by atomic mass is 10.2. The van der Waals surface area contributed by atoms with Gasteiger partial charge < -0.3 is 19.3 Å². The number of nitrogens with zero attached hydrogens (tertiary/aromatic N) is 1. The van der Waals surface area contributed by atoms with Crippen LogP contribution in [-0.4, -0.2) is 30.2 Å². The summed E-state index contributed by atoms with van der Waals surface area (Å²) in [4.78, 5) is 22.9. The highest BCUT2D eigenvalue weighted by Gasteiger charge is 2.09. The number of carbonyl (C=O) groups is 2. The molecule has 1 N–H and O–H groups in total. The van der Waals surface area contributed by atoms with Crippen LogP contribution in [0, 0.1) is 6.92 Å². The lowest BCUT2D eigenvalue weighted by Gasteiger charge is -2.07. The van der Waals surface area contributed by atoms with Crippen LogP contribution in [0.2, 0.25) is 0 Å². The molecule has 0 fully saturated rings. The molecule has 21 heavy (non-hydrogen) atoms. The Bertz CT molecular complexity index is 610. The molecular weight excluding hydrogens is 276 g/mol. The van der Waals surface area contributed by atoms with Crippen LogP contribution in [0.1, 0.15) is 5.56 Å². The summed E-state index contributed by atoms with van der Waals surface area (Å²) in [5.41, 5.74) is 1.02. The molecule has 7 nitrogen and oxygen atoms in total. The lowest BCUT2D eigenvalue weighted by Crippen LogP contribution is -2.23. The Morgan fingerprint density at radius 2 is 2.14 bits per heavy atom. The fourth-order valence-electron chi connectivity index (χ4n) is 1.49. The molecule has 0 unspecified atom stereocenters. The average molecular weight is 290 g/mol. The Morgan fingerprint density at radius 1 is 1.29 bits per heavy atom. The Hall–Kier alpha value is -2.83. The number of hydrogen-bond acceptors (Lipinski definition) is 6. The summed E-state index contributed by atoms with van der Waals surface area (Å²) in [6.45, 7) is 1.24. The number of esters is 1. The van der Waals surface area contributed by atoms with Gasteiger partial charge in [-0.1, -0.05) is 17.3 Å². The highest BCUT2D eigenvalue weighted by molar-refractivity contribution is 5.91. The van der Waals surface area contributed by atoms with Gasteiger partial charge >= 0.3 is 5.97 Å². The fraction of sp³-hybridized carbons (Fsp3) is 0.214. The summed E-state index contributed by atoms with van der Waals surface area (Å²) < 4.78 is 14.6. The second-order valence-electron chi connectivity index (χ2n) is 4.20. The van der Waals surface area contributed by atoms with Crippen LogP contribution in [0.4, 0.5) is 5.82 Å². The molecule has 0 atom stereocenters.